The lowest BCUT2D eigenvalue weighted by molar-refractivity contribution is 1.53. The normalized spacial score (nSPS) is 13.3. The molecule has 0 aliphatic carbocycles. The van der Waals surface area contributed by atoms with E-state index in [0.29, 0.717) is 0 Å². The number of nitrogens with zero attached hydrogens (tertiary/aromatic N) is 1. The fourth-order valence-electron chi connectivity index (χ4n) is 1.88. The molecule has 0 spiro atoms. The highest BCUT2D eigenvalue weighted by Crippen LogP contribution is 2.25. The number of anilines is 1. The number of rotatable bonds is 1. The zero-order valence-corrected chi connectivity index (χ0v) is 9.30. The van der Waals surface area contributed by atoms with Crippen molar-refractivity contribution in [3.05, 3.63) is 65.7 Å². The molecule has 0 amide bonds. The van der Waals surface area contributed by atoms with Gasteiger partial charge >= 0.3 is 0 Å². The monoisotopic (exact) mass is 220 g/mol. The predicted octanol–water partition coefficient (Wildman–Crippen LogP) is 3.64. The van der Waals surface area contributed by atoms with Crippen LogP contribution in [0.4, 0.5) is 5.69 Å². The smallest absolute Gasteiger partial charge is 0.0930 e. The Morgan fingerprint density at radius 1 is 0.824 bits per heavy atom. The van der Waals surface area contributed by atoms with Gasteiger partial charge in [-0.25, -0.2) is 4.99 Å². The summed E-state index contributed by atoms with van der Waals surface area (Å²) in [5.41, 5.74) is 4.34. The van der Waals surface area contributed by atoms with Crippen LogP contribution in [0.5, 0.6) is 0 Å². The van der Waals surface area contributed by atoms with Crippen LogP contribution in [0.3, 0.4) is 0 Å². The third kappa shape index (κ3) is 1.97. The molecule has 0 aromatic heterocycles. The van der Waals surface area contributed by atoms with Crippen LogP contribution < -0.4 is 5.32 Å². The molecular weight excluding hydrogens is 208 g/mol. The van der Waals surface area contributed by atoms with Crippen molar-refractivity contribution in [2.24, 2.45) is 4.99 Å². The second-order valence-corrected chi connectivity index (χ2v) is 3.89. The van der Waals surface area contributed by atoms with Gasteiger partial charge < -0.3 is 5.32 Å². The summed E-state index contributed by atoms with van der Waals surface area (Å²) in [7, 11) is 0. The number of hydrogen-bond acceptors (Lipinski definition) is 2. The molecule has 1 N–H and O–H groups in total. The van der Waals surface area contributed by atoms with Gasteiger partial charge in [-0.15, -0.1) is 0 Å². The van der Waals surface area contributed by atoms with Crippen molar-refractivity contribution in [2.75, 3.05) is 5.32 Å². The maximum Gasteiger partial charge on any atom is 0.0930 e. The molecule has 1 aliphatic heterocycles. The van der Waals surface area contributed by atoms with Crippen molar-refractivity contribution in [3.8, 4) is 0 Å². The van der Waals surface area contributed by atoms with Crippen molar-refractivity contribution in [1.29, 1.82) is 0 Å². The maximum absolute atomic E-state index is 4.43. The fourth-order valence-corrected chi connectivity index (χ4v) is 1.88. The van der Waals surface area contributed by atoms with Gasteiger partial charge in [-0.1, -0.05) is 48.5 Å². The second-order valence-electron chi connectivity index (χ2n) is 3.89. The van der Waals surface area contributed by atoms with Crippen molar-refractivity contribution >= 4 is 23.8 Å². The van der Waals surface area contributed by atoms with Gasteiger partial charge in [0, 0.05) is 16.8 Å². The summed E-state index contributed by atoms with van der Waals surface area (Å²) in [6.45, 7) is 0. The highest BCUT2D eigenvalue weighted by Gasteiger charge is 2.05. The van der Waals surface area contributed by atoms with Gasteiger partial charge in [0.05, 0.1) is 12.0 Å². The molecule has 0 unspecified atom stereocenters. The first-order chi connectivity index (χ1) is 8.43. The summed E-state index contributed by atoms with van der Waals surface area (Å²) in [6.07, 6.45) is 3.84. The average Bonchev–Trinajstić information content (AvgIpc) is 2.62. The minimum Gasteiger partial charge on any atom is -0.346 e. The van der Waals surface area contributed by atoms with E-state index in [-0.39, 0.29) is 0 Å². The third-order valence-electron chi connectivity index (χ3n) is 2.75. The highest BCUT2D eigenvalue weighted by molar-refractivity contribution is 5.95. The molecule has 0 saturated carbocycles. The summed E-state index contributed by atoms with van der Waals surface area (Å²) in [6, 6.07) is 18.4. The third-order valence-corrected chi connectivity index (χ3v) is 2.75. The SMILES string of the molecule is C1=NC(c2ccccc2)=Cc2ccccc2N1. The molecule has 2 aromatic carbocycles. The first-order valence-corrected chi connectivity index (χ1v) is 5.59. The zero-order valence-electron chi connectivity index (χ0n) is 9.30. The minimum absolute atomic E-state index is 0.975. The Labute approximate surface area is 100 Å². The molecule has 3 rings (SSSR count). The molecule has 0 radical (unpaired) electrons. The summed E-state index contributed by atoms with van der Waals surface area (Å²) in [5.74, 6) is 0. The lowest BCUT2D eigenvalue weighted by atomic mass is 10.1. The average molecular weight is 220 g/mol. The van der Waals surface area contributed by atoms with Crippen molar-refractivity contribution in [2.45, 2.75) is 0 Å². The van der Waals surface area contributed by atoms with E-state index in [9.17, 15) is 0 Å². The van der Waals surface area contributed by atoms with Crippen LogP contribution >= 0.6 is 0 Å². The largest absolute Gasteiger partial charge is 0.346 e. The van der Waals surface area contributed by atoms with Gasteiger partial charge in [-0.2, -0.15) is 0 Å². The lowest BCUT2D eigenvalue weighted by Gasteiger charge is -2.02. The van der Waals surface area contributed by atoms with Gasteiger partial charge in [-0.3, -0.25) is 0 Å². The lowest BCUT2D eigenvalue weighted by Crippen LogP contribution is -1.94. The first-order valence-electron chi connectivity index (χ1n) is 5.59. The molecular formula is C15H12N2. The van der Waals surface area contributed by atoms with Gasteiger partial charge in [0.1, 0.15) is 0 Å². The number of para-hydroxylation sites is 1. The van der Waals surface area contributed by atoms with Gasteiger partial charge in [0.15, 0.2) is 0 Å². The Morgan fingerprint density at radius 2 is 1.59 bits per heavy atom. The number of benzene rings is 2. The molecule has 17 heavy (non-hydrogen) atoms. The molecule has 1 aliphatic rings. The summed E-state index contributed by atoms with van der Waals surface area (Å²) < 4.78 is 0. The summed E-state index contributed by atoms with van der Waals surface area (Å²) in [4.78, 5) is 4.43. The van der Waals surface area contributed by atoms with E-state index >= 15 is 0 Å². The van der Waals surface area contributed by atoms with E-state index in [1.165, 1.54) is 0 Å². The number of fused-ring (bicyclic) bond motifs is 1. The van der Waals surface area contributed by atoms with Crippen LogP contribution in [0, 0.1) is 0 Å². The topological polar surface area (TPSA) is 24.4 Å². The molecule has 82 valence electrons. The summed E-state index contributed by atoms with van der Waals surface area (Å²) >= 11 is 0. The standard InChI is InChI=1S/C15H12N2/c1-2-6-12(7-3-1)15-10-13-8-4-5-9-14(13)16-11-17-15/h1-11H,(H,16,17). The van der Waals surface area contributed by atoms with E-state index in [2.05, 4.69) is 34.6 Å². The van der Waals surface area contributed by atoms with Crippen LogP contribution in [0.1, 0.15) is 11.1 Å². The Hall–Kier alpha value is -2.35. The van der Waals surface area contributed by atoms with Gasteiger partial charge in [0.2, 0.25) is 0 Å². The predicted molar refractivity (Wildman–Crippen MR) is 72.9 cm³/mol. The van der Waals surface area contributed by atoms with Crippen molar-refractivity contribution in [1.82, 2.24) is 0 Å². The molecule has 0 fully saturated rings. The second kappa shape index (κ2) is 4.26. The van der Waals surface area contributed by atoms with Crippen LogP contribution in [-0.2, 0) is 0 Å². The molecule has 1 heterocycles. The van der Waals surface area contributed by atoms with Crippen LogP contribution in [0.25, 0.3) is 11.8 Å². The Morgan fingerprint density at radius 3 is 2.47 bits per heavy atom. The van der Waals surface area contributed by atoms with E-state index in [0.717, 1.165) is 22.5 Å². The van der Waals surface area contributed by atoms with Gasteiger partial charge in [0.25, 0.3) is 0 Å². The molecule has 2 heteroatoms. The maximum atomic E-state index is 4.43. The van der Waals surface area contributed by atoms with Crippen LogP contribution in [0.15, 0.2) is 59.6 Å². The van der Waals surface area contributed by atoms with Crippen LogP contribution in [0.2, 0.25) is 0 Å². The Kier molecular flexibility index (Phi) is 2.47. The van der Waals surface area contributed by atoms with Crippen molar-refractivity contribution in [3.63, 3.8) is 0 Å². The van der Waals surface area contributed by atoms with E-state index in [1.807, 2.05) is 36.4 Å². The first kappa shape index (κ1) is 9.85. The Balaban J connectivity index is 2.10. The quantitative estimate of drug-likeness (QED) is 0.779. The highest BCUT2D eigenvalue weighted by atomic mass is 15.0. The van der Waals surface area contributed by atoms with E-state index < -0.39 is 0 Å². The molecule has 0 saturated heterocycles. The van der Waals surface area contributed by atoms with Crippen LogP contribution in [-0.4, -0.2) is 6.34 Å². The van der Waals surface area contributed by atoms with Crippen molar-refractivity contribution < 1.29 is 0 Å². The number of hydrogen-bond donors (Lipinski definition) is 1. The van der Waals surface area contributed by atoms with E-state index in [4.69, 9.17) is 0 Å². The zero-order chi connectivity index (χ0) is 11.5. The summed E-state index contributed by atoms with van der Waals surface area (Å²) in [5, 5.41) is 3.18. The molecule has 2 aromatic rings. The number of aliphatic imine (C=N–C) groups is 1. The minimum atomic E-state index is 0.975. The fraction of sp³-hybridized carbons (Fsp3) is 0. The van der Waals surface area contributed by atoms with Gasteiger partial charge in [-0.05, 0) is 12.1 Å². The van der Waals surface area contributed by atoms with E-state index in [1.54, 1.807) is 6.34 Å². The number of nitrogens with one attached hydrogen (secondary N) is 1. The Bertz CT molecular complexity index is 583. The molecule has 0 bridgehead atoms. The molecule has 2 nitrogen and oxygen atoms in total. The molecule has 0 atom stereocenters.